The lowest BCUT2D eigenvalue weighted by Crippen LogP contribution is -2.34. The first-order chi connectivity index (χ1) is 11.7. The summed E-state index contributed by atoms with van der Waals surface area (Å²) in [6.45, 7) is 7.22. The lowest BCUT2D eigenvalue weighted by atomic mass is 10.0. The van der Waals surface area contributed by atoms with Crippen molar-refractivity contribution in [3.8, 4) is 5.75 Å². The molecule has 1 atom stereocenters. The lowest BCUT2D eigenvalue weighted by Gasteiger charge is -2.31. The van der Waals surface area contributed by atoms with Crippen LogP contribution in [0.3, 0.4) is 0 Å². The molecular weight excluding hydrogens is 300 g/mol. The van der Waals surface area contributed by atoms with Crippen molar-refractivity contribution in [1.82, 2.24) is 9.97 Å². The Morgan fingerprint density at radius 1 is 1.29 bits per heavy atom. The molecule has 24 heavy (non-hydrogen) atoms. The number of aromatic nitrogens is 2. The van der Waals surface area contributed by atoms with Crippen LogP contribution in [0.5, 0.6) is 5.75 Å². The Hall–Kier alpha value is -2.30. The molecule has 0 radical (unpaired) electrons. The molecule has 1 unspecified atom stereocenters. The summed E-state index contributed by atoms with van der Waals surface area (Å²) in [6.07, 6.45) is 4.19. The van der Waals surface area contributed by atoms with E-state index in [0.717, 1.165) is 42.0 Å². The van der Waals surface area contributed by atoms with E-state index in [0.29, 0.717) is 6.54 Å². The molecule has 3 rings (SSSR count). The summed E-state index contributed by atoms with van der Waals surface area (Å²) < 4.78 is 5.39. The van der Waals surface area contributed by atoms with Crippen LogP contribution in [0.15, 0.2) is 30.6 Å². The van der Waals surface area contributed by atoms with Crippen LogP contribution in [-0.2, 0) is 6.54 Å². The van der Waals surface area contributed by atoms with Gasteiger partial charge >= 0.3 is 0 Å². The van der Waals surface area contributed by atoms with Gasteiger partial charge in [-0.15, -0.1) is 0 Å². The standard InChI is InChI=1S/C19H26N4O/c1-14-5-4-8-23(12-14)19-10-18(21-13-22-19)20-11-16-7-6-15(2)17(9-16)24-3/h6-7,9-10,13-14H,4-5,8,11-12H2,1-3H3,(H,20,21,22). The fourth-order valence-corrected chi connectivity index (χ4v) is 3.18. The van der Waals surface area contributed by atoms with E-state index < -0.39 is 0 Å². The third-order valence-electron chi connectivity index (χ3n) is 4.58. The summed E-state index contributed by atoms with van der Waals surface area (Å²) >= 11 is 0. The second-order valence-corrected chi connectivity index (χ2v) is 6.61. The summed E-state index contributed by atoms with van der Waals surface area (Å²) in [4.78, 5) is 11.2. The Labute approximate surface area is 144 Å². The van der Waals surface area contributed by atoms with Gasteiger partial charge in [-0.3, -0.25) is 0 Å². The van der Waals surface area contributed by atoms with E-state index in [2.05, 4.69) is 45.3 Å². The summed E-state index contributed by atoms with van der Waals surface area (Å²) in [6, 6.07) is 8.30. The molecule has 5 nitrogen and oxygen atoms in total. The molecule has 1 fully saturated rings. The van der Waals surface area contributed by atoms with Gasteiger partial charge in [-0.25, -0.2) is 9.97 Å². The number of methoxy groups -OCH3 is 1. The summed E-state index contributed by atoms with van der Waals surface area (Å²) in [7, 11) is 1.70. The van der Waals surface area contributed by atoms with Crippen LogP contribution in [0.1, 0.15) is 30.9 Å². The Morgan fingerprint density at radius 3 is 2.96 bits per heavy atom. The van der Waals surface area contributed by atoms with Crippen LogP contribution in [0.2, 0.25) is 0 Å². The molecular formula is C19H26N4O. The van der Waals surface area contributed by atoms with E-state index in [-0.39, 0.29) is 0 Å². The fourth-order valence-electron chi connectivity index (χ4n) is 3.18. The smallest absolute Gasteiger partial charge is 0.134 e. The zero-order valence-corrected chi connectivity index (χ0v) is 14.7. The van der Waals surface area contributed by atoms with Crippen molar-refractivity contribution in [2.45, 2.75) is 33.2 Å². The maximum Gasteiger partial charge on any atom is 0.134 e. The van der Waals surface area contributed by atoms with E-state index in [4.69, 9.17) is 4.74 Å². The predicted molar refractivity (Wildman–Crippen MR) is 97.7 cm³/mol. The maximum absolute atomic E-state index is 5.39. The number of anilines is 2. The van der Waals surface area contributed by atoms with Gasteiger partial charge in [0.15, 0.2) is 0 Å². The first-order valence-electron chi connectivity index (χ1n) is 8.60. The Bertz CT molecular complexity index is 689. The Kier molecular flexibility index (Phi) is 5.18. The van der Waals surface area contributed by atoms with Crippen molar-refractivity contribution in [1.29, 1.82) is 0 Å². The number of nitrogens with zero attached hydrogens (tertiary/aromatic N) is 3. The van der Waals surface area contributed by atoms with E-state index in [1.165, 1.54) is 18.4 Å². The molecule has 0 saturated carbocycles. The zero-order chi connectivity index (χ0) is 16.9. The maximum atomic E-state index is 5.39. The van der Waals surface area contributed by atoms with Crippen LogP contribution < -0.4 is 15.0 Å². The molecule has 1 aliphatic heterocycles. The van der Waals surface area contributed by atoms with Crippen LogP contribution in [0.25, 0.3) is 0 Å². The van der Waals surface area contributed by atoms with Crippen molar-refractivity contribution in [3.05, 3.63) is 41.7 Å². The highest BCUT2D eigenvalue weighted by molar-refractivity contribution is 5.49. The highest BCUT2D eigenvalue weighted by Gasteiger charge is 2.17. The van der Waals surface area contributed by atoms with Gasteiger partial charge in [-0.05, 0) is 42.9 Å². The monoisotopic (exact) mass is 326 g/mol. The van der Waals surface area contributed by atoms with Gasteiger partial charge in [0.1, 0.15) is 23.7 Å². The third kappa shape index (κ3) is 3.96. The summed E-state index contributed by atoms with van der Waals surface area (Å²) in [5.41, 5.74) is 2.31. The summed E-state index contributed by atoms with van der Waals surface area (Å²) in [5, 5.41) is 3.39. The number of aryl methyl sites for hydroxylation is 1. The highest BCUT2D eigenvalue weighted by atomic mass is 16.5. The molecule has 2 aromatic rings. The zero-order valence-electron chi connectivity index (χ0n) is 14.7. The fraction of sp³-hybridized carbons (Fsp3) is 0.474. The average molecular weight is 326 g/mol. The van der Waals surface area contributed by atoms with Gasteiger partial charge in [-0.2, -0.15) is 0 Å². The Balaban J connectivity index is 1.66. The van der Waals surface area contributed by atoms with Crippen molar-refractivity contribution in [2.24, 2.45) is 5.92 Å². The van der Waals surface area contributed by atoms with Crippen LogP contribution in [0.4, 0.5) is 11.6 Å². The van der Waals surface area contributed by atoms with Crippen molar-refractivity contribution in [2.75, 3.05) is 30.4 Å². The number of hydrogen-bond donors (Lipinski definition) is 1. The summed E-state index contributed by atoms with van der Waals surface area (Å²) in [5.74, 6) is 3.52. The SMILES string of the molecule is COc1cc(CNc2cc(N3CCCC(C)C3)ncn2)ccc1C. The molecule has 128 valence electrons. The van der Waals surface area contributed by atoms with Gasteiger partial charge in [0, 0.05) is 25.7 Å². The van der Waals surface area contributed by atoms with Gasteiger partial charge in [-0.1, -0.05) is 19.1 Å². The predicted octanol–water partition coefficient (Wildman–Crippen LogP) is 3.64. The van der Waals surface area contributed by atoms with Crippen LogP contribution >= 0.6 is 0 Å². The number of benzene rings is 1. The minimum absolute atomic E-state index is 0.712. The van der Waals surface area contributed by atoms with Crippen molar-refractivity contribution >= 4 is 11.6 Å². The second-order valence-electron chi connectivity index (χ2n) is 6.61. The van der Waals surface area contributed by atoms with E-state index in [9.17, 15) is 0 Å². The number of piperidine rings is 1. The number of rotatable bonds is 5. The molecule has 0 aliphatic carbocycles. The lowest BCUT2D eigenvalue weighted by molar-refractivity contribution is 0.411. The van der Waals surface area contributed by atoms with Gasteiger partial charge in [0.05, 0.1) is 7.11 Å². The molecule has 0 amide bonds. The Morgan fingerprint density at radius 2 is 2.17 bits per heavy atom. The van der Waals surface area contributed by atoms with Gasteiger partial charge < -0.3 is 15.0 Å². The topological polar surface area (TPSA) is 50.3 Å². The molecule has 1 aliphatic rings. The molecule has 1 saturated heterocycles. The largest absolute Gasteiger partial charge is 0.496 e. The average Bonchev–Trinajstić information content (AvgIpc) is 2.61. The van der Waals surface area contributed by atoms with E-state index in [1.807, 2.05) is 13.0 Å². The van der Waals surface area contributed by atoms with Gasteiger partial charge in [0.25, 0.3) is 0 Å². The third-order valence-corrected chi connectivity index (χ3v) is 4.58. The first kappa shape index (κ1) is 16.6. The minimum atomic E-state index is 0.712. The van der Waals surface area contributed by atoms with Crippen molar-refractivity contribution < 1.29 is 4.74 Å². The van der Waals surface area contributed by atoms with Crippen LogP contribution in [-0.4, -0.2) is 30.2 Å². The quantitative estimate of drug-likeness (QED) is 0.909. The van der Waals surface area contributed by atoms with Crippen molar-refractivity contribution in [3.63, 3.8) is 0 Å². The molecule has 5 heteroatoms. The second kappa shape index (κ2) is 7.51. The number of nitrogens with one attached hydrogen (secondary N) is 1. The molecule has 2 heterocycles. The molecule has 0 spiro atoms. The molecule has 1 aromatic heterocycles. The number of ether oxygens (including phenoxy) is 1. The van der Waals surface area contributed by atoms with E-state index >= 15 is 0 Å². The molecule has 1 N–H and O–H groups in total. The molecule has 1 aromatic carbocycles. The number of hydrogen-bond acceptors (Lipinski definition) is 5. The molecule has 0 bridgehead atoms. The normalized spacial score (nSPS) is 17.6. The van der Waals surface area contributed by atoms with E-state index in [1.54, 1.807) is 13.4 Å². The highest BCUT2D eigenvalue weighted by Crippen LogP contribution is 2.23. The minimum Gasteiger partial charge on any atom is -0.496 e. The van der Waals surface area contributed by atoms with Crippen LogP contribution in [0, 0.1) is 12.8 Å². The van der Waals surface area contributed by atoms with Gasteiger partial charge in [0.2, 0.25) is 0 Å². The first-order valence-corrected chi connectivity index (χ1v) is 8.60.